The summed E-state index contributed by atoms with van der Waals surface area (Å²) in [5, 5.41) is 2.64. The normalized spacial score (nSPS) is 14.8. The fourth-order valence-corrected chi connectivity index (χ4v) is 6.60. The van der Waals surface area contributed by atoms with Crippen molar-refractivity contribution < 1.29 is 4.42 Å². The Balaban J connectivity index is 1.55. The summed E-state index contributed by atoms with van der Waals surface area (Å²) in [4.78, 5) is 9.99. The molecule has 0 unspecified atom stereocenters. The largest absolute Gasteiger partial charge is 0.434 e. The molecule has 3 heteroatoms. The molecule has 0 atom stereocenters. The van der Waals surface area contributed by atoms with E-state index in [2.05, 4.69) is 90.1 Å². The second-order valence-corrected chi connectivity index (χ2v) is 12.7. The van der Waals surface area contributed by atoms with Crippen LogP contribution in [0.15, 0.2) is 65.2 Å². The third-order valence-electron chi connectivity index (χ3n) is 8.86. The first-order valence-electron chi connectivity index (χ1n) is 15.3. The number of hydrogen-bond acceptors (Lipinski definition) is 3. The van der Waals surface area contributed by atoms with Crippen LogP contribution in [-0.2, 0) is 0 Å². The molecule has 1 aliphatic rings. The quantitative estimate of drug-likeness (QED) is 0.219. The van der Waals surface area contributed by atoms with E-state index in [1.165, 1.54) is 65.1 Å². The van der Waals surface area contributed by atoms with E-state index < -0.39 is 0 Å². The molecule has 0 bridgehead atoms. The maximum absolute atomic E-state index is 6.75. The SMILES string of the molecule is CC(C)c1cc(C(C)C)c(-c2nc3ccnc(-c4cc(C5CCCCC5)c5ccccc5c4)c3o2)c(C(C)C)c1. The highest BCUT2D eigenvalue weighted by atomic mass is 16.3. The van der Waals surface area contributed by atoms with E-state index in [4.69, 9.17) is 14.4 Å². The van der Waals surface area contributed by atoms with Crippen LogP contribution in [0.4, 0.5) is 0 Å². The zero-order chi connectivity index (χ0) is 28.0. The highest BCUT2D eigenvalue weighted by Gasteiger charge is 2.24. The molecule has 0 radical (unpaired) electrons. The van der Waals surface area contributed by atoms with Crippen LogP contribution in [0.5, 0.6) is 0 Å². The van der Waals surface area contributed by atoms with Gasteiger partial charge in [0.05, 0.1) is 0 Å². The minimum absolute atomic E-state index is 0.359. The number of fused-ring (bicyclic) bond motifs is 2. The maximum Gasteiger partial charge on any atom is 0.228 e. The highest BCUT2D eigenvalue weighted by Crippen LogP contribution is 2.42. The Morgan fingerprint density at radius 1 is 0.775 bits per heavy atom. The zero-order valence-electron chi connectivity index (χ0n) is 24.9. The molecule has 1 saturated carbocycles. The van der Waals surface area contributed by atoms with Gasteiger partial charge in [0.2, 0.25) is 5.89 Å². The number of aromatic nitrogens is 2. The topological polar surface area (TPSA) is 38.9 Å². The van der Waals surface area contributed by atoms with Gasteiger partial charge in [-0.25, -0.2) is 4.98 Å². The van der Waals surface area contributed by atoms with Crippen LogP contribution < -0.4 is 0 Å². The van der Waals surface area contributed by atoms with Gasteiger partial charge in [-0.3, -0.25) is 4.98 Å². The van der Waals surface area contributed by atoms with Crippen LogP contribution in [0.25, 0.3) is 44.6 Å². The molecule has 5 aromatic rings. The van der Waals surface area contributed by atoms with Crippen LogP contribution in [0.1, 0.15) is 120 Å². The summed E-state index contributed by atoms with van der Waals surface area (Å²) in [5.41, 5.74) is 10.2. The predicted octanol–water partition coefficient (Wildman–Crippen LogP) is 11.1. The lowest BCUT2D eigenvalue weighted by atomic mass is 9.81. The molecule has 206 valence electrons. The van der Waals surface area contributed by atoms with Gasteiger partial charge in [-0.15, -0.1) is 0 Å². The molecule has 1 aliphatic carbocycles. The fraction of sp³-hybridized carbons (Fsp3) is 0.405. The van der Waals surface area contributed by atoms with E-state index in [0.717, 1.165) is 27.9 Å². The Kier molecular flexibility index (Phi) is 7.25. The Hall–Kier alpha value is -3.46. The van der Waals surface area contributed by atoms with Crippen molar-refractivity contribution in [1.29, 1.82) is 0 Å². The van der Waals surface area contributed by atoms with Gasteiger partial charge in [0.15, 0.2) is 5.58 Å². The molecule has 0 saturated heterocycles. The van der Waals surface area contributed by atoms with Crippen LogP contribution in [0, 0.1) is 0 Å². The summed E-state index contributed by atoms with van der Waals surface area (Å²) in [7, 11) is 0. The van der Waals surface area contributed by atoms with Gasteiger partial charge in [-0.05, 0) is 87.7 Å². The molecule has 1 fully saturated rings. The van der Waals surface area contributed by atoms with Crippen molar-refractivity contribution in [2.24, 2.45) is 0 Å². The number of benzene rings is 3. The Morgan fingerprint density at radius 3 is 2.15 bits per heavy atom. The first kappa shape index (κ1) is 26.7. The van der Waals surface area contributed by atoms with Crippen molar-refractivity contribution >= 4 is 21.9 Å². The molecule has 0 N–H and O–H groups in total. The summed E-state index contributed by atoms with van der Waals surface area (Å²) < 4.78 is 6.75. The molecule has 3 nitrogen and oxygen atoms in total. The first-order valence-corrected chi connectivity index (χ1v) is 15.3. The molecule has 2 heterocycles. The van der Waals surface area contributed by atoms with Gasteiger partial charge in [0.1, 0.15) is 11.2 Å². The first-order chi connectivity index (χ1) is 19.3. The Labute approximate surface area is 239 Å². The lowest BCUT2D eigenvalue weighted by molar-refractivity contribution is 0.445. The monoisotopic (exact) mass is 530 g/mol. The summed E-state index contributed by atoms with van der Waals surface area (Å²) in [6.45, 7) is 13.6. The standard InChI is InChI=1S/C37H42N2O/c1-22(2)27-19-30(23(3)4)34(31(20-27)24(5)6)37-39-33-16-17-38-35(36(33)40-37)28-18-26-14-10-11-15-29(26)32(21-28)25-12-8-7-9-13-25/h10-11,14-25H,7-9,12-13H2,1-6H3. The summed E-state index contributed by atoms with van der Waals surface area (Å²) >= 11 is 0. The molecular formula is C37H42N2O. The molecule has 3 aromatic carbocycles. The number of pyridine rings is 1. The lowest BCUT2D eigenvalue weighted by Gasteiger charge is -2.24. The molecular weight excluding hydrogens is 488 g/mol. The number of hydrogen-bond donors (Lipinski definition) is 0. The second-order valence-electron chi connectivity index (χ2n) is 12.7. The van der Waals surface area contributed by atoms with E-state index in [9.17, 15) is 0 Å². The maximum atomic E-state index is 6.75. The van der Waals surface area contributed by atoms with Crippen LogP contribution >= 0.6 is 0 Å². The molecule has 0 spiro atoms. The third-order valence-corrected chi connectivity index (χ3v) is 8.86. The number of nitrogens with zero attached hydrogens (tertiary/aromatic N) is 2. The van der Waals surface area contributed by atoms with Crippen molar-refractivity contribution in [2.75, 3.05) is 0 Å². The van der Waals surface area contributed by atoms with Gasteiger partial charge in [0.25, 0.3) is 0 Å². The van der Waals surface area contributed by atoms with Crippen molar-refractivity contribution in [1.82, 2.24) is 9.97 Å². The average molecular weight is 531 g/mol. The summed E-state index contributed by atoms with van der Waals surface area (Å²) in [5.74, 6) is 2.49. The zero-order valence-corrected chi connectivity index (χ0v) is 24.9. The average Bonchev–Trinajstić information content (AvgIpc) is 3.40. The number of rotatable bonds is 6. The van der Waals surface area contributed by atoms with Crippen LogP contribution in [0.2, 0.25) is 0 Å². The van der Waals surface area contributed by atoms with Gasteiger partial charge >= 0.3 is 0 Å². The lowest BCUT2D eigenvalue weighted by Crippen LogP contribution is -2.05. The predicted molar refractivity (Wildman–Crippen MR) is 168 cm³/mol. The molecule has 2 aromatic heterocycles. The summed E-state index contributed by atoms with van der Waals surface area (Å²) in [6.07, 6.45) is 8.39. The highest BCUT2D eigenvalue weighted by molar-refractivity contribution is 5.95. The summed E-state index contributed by atoms with van der Waals surface area (Å²) in [6, 6.07) is 20.2. The molecule has 6 rings (SSSR count). The Morgan fingerprint density at radius 2 is 1.48 bits per heavy atom. The third kappa shape index (κ3) is 4.85. The Bertz CT molecular complexity index is 1640. The minimum Gasteiger partial charge on any atom is -0.434 e. The molecule has 0 aliphatic heterocycles. The van der Waals surface area contributed by atoms with Crippen molar-refractivity contribution in [3.8, 4) is 22.7 Å². The van der Waals surface area contributed by atoms with Gasteiger partial charge < -0.3 is 4.42 Å². The smallest absolute Gasteiger partial charge is 0.228 e. The van der Waals surface area contributed by atoms with Gasteiger partial charge in [0, 0.05) is 17.3 Å². The van der Waals surface area contributed by atoms with E-state index >= 15 is 0 Å². The van der Waals surface area contributed by atoms with E-state index in [1.807, 2.05) is 12.3 Å². The van der Waals surface area contributed by atoms with Crippen LogP contribution in [0.3, 0.4) is 0 Å². The second kappa shape index (κ2) is 10.8. The minimum atomic E-state index is 0.359. The van der Waals surface area contributed by atoms with Crippen molar-refractivity contribution in [3.05, 3.63) is 83.0 Å². The van der Waals surface area contributed by atoms with Crippen LogP contribution in [-0.4, -0.2) is 9.97 Å². The molecule has 40 heavy (non-hydrogen) atoms. The van der Waals surface area contributed by atoms with E-state index in [1.54, 1.807) is 0 Å². The molecule has 0 amide bonds. The van der Waals surface area contributed by atoms with Crippen molar-refractivity contribution in [3.63, 3.8) is 0 Å². The fourth-order valence-electron chi connectivity index (χ4n) is 6.60. The van der Waals surface area contributed by atoms with Gasteiger partial charge in [-0.1, -0.05) is 97.2 Å². The van der Waals surface area contributed by atoms with E-state index in [-0.39, 0.29) is 0 Å². The number of oxazole rings is 1. The van der Waals surface area contributed by atoms with E-state index in [0.29, 0.717) is 29.6 Å². The van der Waals surface area contributed by atoms with Crippen molar-refractivity contribution in [2.45, 2.75) is 97.3 Å². The van der Waals surface area contributed by atoms with Gasteiger partial charge in [-0.2, -0.15) is 0 Å².